The summed E-state index contributed by atoms with van der Waals surface area (Å²) >= 11 is 4.76. The molecule has 1 N–H and O–H groups in total. The van der Waals surface area contributed by atoms with Gasteiger partial charge in [0.25, 0.3) is 0 Å². The minimum Gasteiger partial charge on any atom is -0.405 e. The molecule has 2 aromatic rings. The molecule has 114 valence electrons. The molecular formula is C14H13BrF3NOS. The summed E-state index contributed by atoms with van der Waals surface area (Å²) in [6.07, 6.45) is -4.68. The Balaban J connectivity index is 1.97. The third kappa shape index (κ3) is 5.01. The van der Waals surface area contributed by atoms with E-state index < -0.39 is 6.36 Å². The van der Waals surface area contributed by atoms with E-state index in [1.54, 1.807) is 23.5 Å². The van der Waals surface area contributed by atoms with Crippen molar-refractivity contribution in [2.75, 3.05) is 0 Å². The molecule has 7 heteroatoms. The first-order valence-corrected chi connectivity index (χ1v) is 7.83. The standard InChI is InChI=1S/C14H13BrF3NOS/c1-9(13-3-2-6-21-13)19-8-10-4-5-12(11(15)7-10)20-14(16,17)18/h2-7,9,19H,8H2,1H3/t9-/m1/s1. The van der Waals surface area contributed by atoms with Crippen molar-refractivity contribution in [2.24, 2.45) is 0 Å². The monoisotopic (exact) mass is 379 g/mol. The average molecular weight is 380 g/mol. The van der Waals surface area contributed by atoms with Crippen LogP contribution in [0.15, 0.2) is 40.2 Å². The van der Waals surface area contributed by atoms with Crippen LogP contribution in [0.4, 0.5) is 13.2 Å². The van der Waals surface area contributed by atoms with E-state index in [2.05, 4.69) is 26.0 Å². The molecule has 0 aliphatic rings. The highest BCUT2D eigenvalue weighted by Crippen LogP contribution is 2.31. The normalized spacial score (nSPS) is 13.2. The quantitative estimate of drug-likeness (QED) is 0.764. The minimum atomic E-state index is -4.68. The summed E-state index contributed by atoms with van der Waals surface area (Å²) < 4.78 is 40.7. The topological polar surface area (TPSA) is 21.3 Å². The van der Waals surface area contributed by atoms with Crippen LogP contribution in [-0.2, 0) is 6.54 Å². The number of ether oxygens (including phenoxy) is 1. The van der Waals surface area contributed by atoms with Gasteiger partial charge in [0.05, 0.1) is 4.47 Å². The highest BCUT2D eigenvalue weighted by atomic mass is 79.9. The Hall–Kier alpha value is -1.05. The van der Waals surface area contributed by atoms with Gasteiger partial charge in [-0.15, -0.1) is 24.5 Å². The molecule has 0 fully saturated rings. The van der Waals surface area contributed by atoms with Crippen LogP contribution >= 0.6 is 27.3 Å². The SMILES string of the molecule is C[C@@H](NCc1ccc(OC(F)(F)F)c(Br)c1)c1cccs1. The predicted molar refractivity (Wildman–Crippen MR) is 80.4 cm³/mol. The lowest BCUT2D eigenvalue weighted by atomic mass is 10.2. The Morgan fingerprint density at radius 1 is 1.33 bits per heavy atom. The molecular weight excluding hydrogens is 367 g/mol. The molecule has 0 saturated carbocycles. The van der Waals surface area contributed by atoms with Gasteiger partial charge in [-0.2, -0.15) is 0 Å². The summed E-state index contributed by atoms with van der Waals surface area (Å²) in [5.41, 5.74) is 0.875. The van der Waals surface area contributed by atoms with E-state index in [1.165, 1.54) is 10.9 Å². The first-order chi connectivity index (χ1) is 9.85. The summed E-state index contributed by atoms with van der Waals surface area (Å²) in [4.78, 5) is 1.21. The van der Waals surface area contributed by atoms with Crippen molar-refractivity contribution in [3.05, 3.63) is 50.6 Å². The van der Waals surface area contributed by atoms with Gasteiger partial charge in [-0.05, 0) is 52.0 Å². The van der Waals surface area contributed by atoms with Crippen LogP contribution in [-0.4, -0.2) is 6.36 Å². The van der Waals surface area contributed by atoms with E-state index in [1.807, 2.05) is 24.4 Å². The van der Waals surface area contributed by atoms with E-state index in [0.717, 1.165) is 5.56 Å². The summed E-state index contributed by atoms with van der Waals surface area (Å²) in [6.45, 7) is 2.60. The van der Waals surface area contributed by atoms with E-state index in [4.69, 9.17) is 0 Å². The van der Waals surface area contributed by atoms with Crippen LogP contribution in [0.25, 0.3) is 0 Å². The van der Waals surface area contributed by atoms with Crippen molar-refractivity contribution in [3.8, 4) is 5.75 Å². The van der Waals surface area contributed by atoms with Crippen molar-refractivity contribution in [1.29, 1.82) is 0 Å². The molecule has 1 atom stereocenters. The number of rotatable bonds is 5. The molecule has 0 aliphatic heterocycles. The minimum absolute atomic E-state index is 0.190. The number of hydrogen-bond donors (Lipinski definition) is 1. The van der Waals surface area contributed by atoms with Gasteiger partial charge in [-0.1, -0.05) is 12.1 Å². The molecule has 0 unspecified atom stereocenters. The average Bonchev–Trinajstić information content (AvgIpc) is 2.91. The van der Waals surface area contributed by atoms with Crippen LogP contribution in [0.3, 0.4) is 0 Å². The Labute approximate surface area is 133 Å². The van der Waals surface area contributed by atoms with Gasteiger partial charge in [0, 0.05) is 17.5 Å². The van der Waals surface area contributed by atoms with Crippen LogP contribution in [0, 0.1) is 0 Å². The largest absolute Gasteiger partial charge is 0.573 e. The fourth-order valence-corrected chi connectivity index (χ4v) is 3.04. The molecule has 0 amide bonds. The summed E-state index contributed by atoms with van der Waals surface area (Å²) in [5.74, 6) is -0.238. The van der Waals surface area contributed by atoms with Crippen LogP contribution < -0.4 is 10.1 Å². The molecule has 0 saturated heterocycles. The molecule has 0 aliphatic carbocycles. The summed E-state index contributed by atoms with van der Waals surface area (Å²) in [5, 5.41) is 5.33. The second-order valence-electron chi connectivity index (χ2n) is 4.43. The van der Waals surface area contributed by atoms with Crippen LogP contribution in [0.2, 0.25) is 0 Å². The third-order valence-electron chi connectivity index (χ3n) is 2.80. The maximum atomic E-state index is 12.2. The first-order valence-electron chi connectivity index (χ1n) is 6.16. The third-order valence-corrected chi connectivity index (χ3v) is 4.48. The van der Waals surface area contributed by atoms with Gasteiger partial charge in [0.2, 0.25) is 0 Å². The number of alkyl halides is 3. The summed E-state index contributed by atoms with van der Waals surface area (Å²) in [6, 6.07) is 8.76. The van der Waals surface area contributed by atoms with Crippen LogP contribution in [0.5, 0.6) is 5.75 Å². The lowest BCUT2D eigenvalue weighted by Gasteiger charge is -2.14. The van der Waals surface area contributed by atoms with Gasteiger partial charge in [0.15, 0.2) is 0 Å². The zero-order valence-electron chi connectivity index (χ0n) is 11.1. The van der Waals surface area contributed by atoms with Gasteiger partial charge < -0.3 is 10.1 Å². The van der Waals surface area contributed by atoms with Crippen LogP contribution in [0.1, 0.15) is 23.4 Å². The zero-order chi connectivity index (χ0) is 15.5. The van der Waals surface area contributed by atoms with Gasteiger partial charge in [-0.25, -0.2) is 0 Å². The molecule has 2 nitrogen and oxygen atoms in total. The summed E-state index contributed by atoms with van der Waals surface area (Å²) in [7, 11) is 0. The molecule has 1 aromatic heterocycles. The second kappa shape index (κ2) is 6.81. The maximum Gasteiger partial charge on any atom is 0.573 e. The zero-order valence-corrected chi connectivity index (χ0v) is 13.5. The second-order valence-corrected chi connectivity index (χ2v) is 6.26. The highest BCUT2D eigenvalue weighted by molar-refractivity contribution is 9.10. The Kier molecular flexibility index (Phi) is 5.29. The van der Waals surface area contributed by atoms with E-state index >= 15 is 0 Å². The van der Waals surface area contributed by atoms with E-state index in [0.29, 0.717) is 6.54 Å². The van der Waals surface area contributed by atoms with Gasteiger partial charge in [0.1, 0.15) is 5.75 Å². The highest BCUT2D eigenvalue weighted by Gasteiger charge is 2.31. The molecule has 1 heterocycles. The smallest absolute Gasteiger partial charge is 0.405 e. The van der Waals surface area contributed by atoms with E-state index in [-0.39, 0.29) is 16.3 Å². The lowest BCUT2D eigenvalue weighted by Crippen LogP contribution is -2.18. The fraction of sp³-hybridized carbons (Fsp3) is 0.286. The van der Waals surface area contributed by atoms with Gasteiger partial charge >= 0.3 is 6.36 Å². The van der Waals surface area contributed by atoms with Crippen molar-refractivity contribution in [1.82, 2.24) is 5.32 Å². The molecule has 1 aromatic carbocycles. The molecule has 0 spiro atoms. The fourth-order valence-electron chi connectivity index (χ4n) is 1.77. The lowest BCUT2D eigenvalue weighted by molar-refractivity contribution is -0.274. The molecule has 2 rings (SSSR count). The van der Waals surface area contributed by atoms with Gasteiger partial charge in [-0.3, -0.25) is 0 Å². The maximum absolute atomic E-state index is 12.2. The molecule has 21 heavy (non-hydrogen) atoms. The number of benzene rings is 1. The molecule has 0 radical (unpaired) electrons. The molecule has 0 bridgehead atoms. The van der Waals surface area contributed by atoms with Crippen molar-refractivity contribution >= 4 is 27.3 Å². The van der Waals surface area contributed by atoms with Crippen molar-refractivity contribution in [3.63, 3.8) is 0 Å². The number of hydrogen-bond acceptors (Lipinski definition) is 3. The Bertz CT molecular complexity index is 586. The predicted octanol–water partition coefficient (Wildman–Crippen LogP) is 5.26. The number of nitrogens with one attached hydrogen (secondary N) is 1. The van der Waals surface area contributed by atoms with Crippen molar-refractivity contribution < 1.29 is 17.9 Å². The number of thiophene rings is 1. The first kappa shape index (κ1) is 16.3. The Morgan fingerprint density at radius 3 is 2.67 bits per heavy atom. The number of halogens is 4. The van der Waals surface area contributed by atoms with Crippen molar-refractivity contribution in [2.45, 2.75) is 25.9 Å². The van der Waals surface area contributed by atoms with E-state index in [9.17, 15) is 13.2 Å². The Morgan fingerprint density at radius 2 is 2.10 bits per heavy atom.